The summed E-state index contributed by atoms with van der Waals surface area (Å²) in [5.74, 6) is 0. The van der Waals surface area contributed by atoms with Crippen LogP contribution in [0, 0.1) is 0 Å². The Labute approximate surface area is 112 Å². The highest BCUT2D eigenvalue weighted by Gasteiger charge is 2.16. The molecule has 1 aliphatic carbocycles. The zero-order valence-electron chi connectivity index (χ0n) is 10.8. The van der Waals surface area contributed by atoms with E-state index < -0.39 is 0 Å². The number of rotatable bonds is 5. The van der Waals surface area contributed by atoms with E-state index in [2.05, 4.69) is 20.7 Å². The van der Waals surface area contributed by atoms with E-state index in [9.17, 15) is 0 Å². The molecule has 2 aromatic heterocycles. The van der Waals surface area contributed by atoms with E-state index in [4.69, 9.17) is 4.84 Å². The SMILES string of the molecule is c1cncc(-c2[nH]ncc2CNOC2CCCC2)c1. The summed E-state index contributed by atoms with van der Waals surface area (Å²) in [6.45, 7) is 0.650. The first-order valence-corrected chi connectivity index (χ1v) is 6.74. The summed E-state index contributed by atoms with van der Waals surface area (Å²) in [6.07, 6.45) is 10.7. The third-order valence-electron chi connectivity index (χ3n) is 3.48. The van der Waals surface area contributed by atoms with Gasteiger partial charge in [-0.25, -0.2) is 0 Å². The van der Waals surface area contributed by atoms with Crippen molar-refractivity contribution >= 4 is 0 Å². The fourth-order valence-electron chi connectivity index (χ4n) is 2.45. The van der Waals surface area contributed by atoms with Gasteiger partial charge in [0, 0.05) is 30.1 Å². The van der Waals surface area contributed by atoms with Crippen molar-refractivity contribution in [2.45, 2.75) is 38.3 Å². The Bertz CT molecular complexity index is 505. The Morgan fingerprint density at radius 3 is 3.00 bits per heavy atom. The second kappa shape index (κ2) is 5.95. The maximum absolute atomic E-state index is 5.66. The average molecular weight is 258 g/mol. The van der Waals surface area contributed by atoms with E-state index in [0.29, 0.717) is 12.6 Å². The van der Waals surface area contributed by atoms with E-state index in [1.165, 1.54) is 12.8 Å². The van der Waals surface area contributed by atoms with Crippen molar-refractivity contribution in [2.75, 3.05) is 0 Å². The predicted octanol–water partition coefficient (Wildman–Crippen LogP) is 2.44. The summed E-state index contributed by atoms with van der Waals surface area (Å²) in [5.41, 5.74) is 6.18. The molecule has 0 unspecified atom stereocenters. The first-order valence-electron chi connectivity index (χ1n) is 6.74. The highest BCUT2D eigenvalue weighted by Crippen LogP contribution is 2.21. The van der Waals surface area contributed by atoms with E-state index in [0.717, 1.165) is 29.7 Å². The fraction of sp³-hybridized carbons (Fsp3) is 0.429. The Kier molecular flexibility index (Phi) is 3.86. The van der Waals surface area contributed by atoms with Gasteiger partial charge in [-0.1, -0.05) is 12.8 Å². The molecule has 1 aliphatic rings. The minimum absolute atomic E-state index is 0.369. The van der Waals surface area contributed by atoms with Crippen LogP contribution in [0.15, 0.2) is 30.7 Å². The Balaban J connectivity index is 1.61. The minimum Gasteiger partial charge on any atom is -0.298 e. The normalized spacial score (nSPS) is 16.0. The molecule has 0 amide bonds. The topological polar surface area (TPSA) is 62.8 Å². The van der Waals surface area contributed by atoms with Crippen molar-refractivity contribution < 1.29 is 4.84 Å². The lowest BCUT2D eigenvalue weighted by atomic mass is 10.1. The molecule has 5 heteroatoms. The average Bonchev–Trinajstić information content (AvgIpc) is 3.11. The van der Waals surface area contributed by atoms with Gasteiger partial charge in [0.05, 0.1) is 18.0 Å². The van der Waals surface area contributed by atoms with Gasteiger partial charge in [0.1, 0.15) is 0 Å². The molecule has 100 valence electrons. The van der Waals surface area contributed by atoms with E-state index in [-0.39, 0.29) is 0 Å². The molecule has 2 aromatic rings. The zero-order valence-corrected chi connectivity index (χ0v) is 10.8. The van der Waals surface area contributed by atoms with Crippen LogP contribution < -0.4 is 5.48 Å². The lowest BCUT2D eigenvalue weighted by molar-refractivity contribution is -0.0243. The van der Waals surface area contributed by atoms with Crippen LogP contribution in [0.3, 0.4) is 0 Å². The van der Waals surface area contributed by atoms with Crippen LogP contribution in [-0.2, 0) is 11.4 Å². The number of pyridine rings is 1. The van der Waals surface area contributed by atoms with Crippen LogP contribution in [0.1, 0.15) is 31.2 Å². The number of H-pyrrole nitrogens is 1. The van der Waals surface area contributed by atoms with E-state index in [1.807, 2.05) is 24.5 Å². The van der Waals surface area contributed by atoms with Crippen molar-refractivity contribution in [1.82, 2.24) is 20.7 Å². The largest absolute Gasteiger partial charge is 0.298 e. The van der Waals surface area contributed by atoms with Crippen LogP contribution in [0.4, 0.5) is 0 Å². The maximum Gasteiger partial charge on any atom is 0.0790 e. The highest BCUT2D eigenvalue weighted by molar-refractivity contribution is 5.61. The van der Waals surface area contributed by atoms with Crippen LogP contribution in [-0.4, -0.2) is 21.3 Å². The summed E-state index contributed by atoms with van der Waals surface area (Å²) in [6, 6.07) is 3.93. The quantitative estimate of drug-likeness (QED) is 0.809. The number of nitrogens with zero attached hydrogens (tertiary/aromatic N) is 2. The van der Waals surface area contributed by atoms with Crippen LogP contribution >= 0.6 is 0 Å². The van der Waals surface area contributed by atoms with Crippen LogP contribution in [0.5, 0.6) is 0 Å². The van der Waals surface area contributed by atoms with Gasteiger partial charge in [-0.3, -0.25) is 14.9 Å². The number of aromatic amines is 1. The molecule has 1 saturated carbocycles. The molecule has 0 spiro atoms. The monoisotopic (exact) mass is 258 g/mol. The third-order valence-corrected chi connectivity index (χ3v) is 3.48. The van der Waals surface area contributed by atoms with Crippen LogP contribution in [0.2, 0.25) is 0 Å². The third kappa shape index (κ3) is 3.00. The van der Waals surface area contributed by atoms with E-state index >= 15 is 0 Å². The van der Waals surface area contributed by atoms with E-state index in [1.54, 1.807) is 6.20 Å². The van der Waals surface area contributed by atoms with Crippen LogP contribution in [0.25, 0.3) is 11.3 Å². The molecule has 19 heavy (non-hydrogen) atoms. The lowest BCUT2D eigenvalue weighted by Gasteiger charge is -2.11. The predicted molar refractivity (Wildman–Crippen MR) is 72.0 cm³/mol. The molecular weight excluding hydrogens is 240 g/mol. The summed E-state index contributed by atoms with van der Waals surface area (Å²) < 4.78 is 0. The summed E-state index contributed by atoms with van der Waals surface area (Å²) in [4.78, 5) is 9.79. The molecule has 0 atom stereocenters. The maximum atomic E-state index is 5.66. The molecule has 1 fully saturated rings. The first kappa shape index (κ1) is 12.3. The second-order valence-electron chi connectivity index (χ2n) is 4.86. The van der Waals surface area contributed by atoms with Crippen molar-refractivity contribution in [3.8, 4) is 11.3 Å². The molecule has 2 N–H and O–H groups in total. The number of hydroxylamine groups is 1. The number of nitrogens with one attached hydrogen (secondary N) is 2. The van der Waals surface area contributed by atoms with Gasteiger partial charge in [-0.15, -0.1) is 0 Å². The molecule has 5 nitrogen and oxygen atoms in total. The minimum atomic E-state index is 0.369. The summed E-state index contributed by atoms with van der Waals surface area (Å²) >= 11 is 0. The van der Waals surface area contributed by atoms with Gasteiger partial charge in [-0.05, 0) is 25.0 Å². The Morgan fingerprint density at radius 2 is 2.21 bits per heavy atom. The molecule has 0 radical (unpaired) electrons. The van der Waals surface area contributed by atoms with Crippen molar-refractivity contribution in [3.05, 3.63) is 36.3 Å². The van der Waals surface area contributed by atoms with Gasteiger partial charge in [0.15, 0.2) is 0 Å². The smallest absolute Gasteiger partial charge is 0.0790 e. The molecule has 0 aromatic carbocycles. The Morgan fingerprint density at radius 1 is 1.32 bits per heavy atom. The molecule has 0 aliphatic heterocycles. The zero-order chi connectivity index (χ0) is 12.9. The Hall–Kier alpha value is -1.72. The first-order chi connectivity index (χ1) is 9.43. The van der Waals surface area contributed by atoms with Gasteiger partial charge in [0.25, 0.3) is 0 Å². The molecule has 0 bridgehead atoms. The molecule has 0 saturated heterocycles. The highest BCUT2D eigenvalue weighted by atomic mass is 16.7. The number of hydrogen-bond acceptors (Lipinski definition) is 4. The van der Waals surface area contributed by atoms with Crippen molar-refractivity contribution in [2.24, 2.45) is 0 Å². The molecule has 2 heterocycles. The van der Waals surface area contributed by atoms with Crippen molar-refractivity contribution in [3.63, 3.8) is 0 Å². The number of aromatic nitrogens is 3. The second-order valence-corrected chi connectivity index (χ2v) is 4.86. The molecular formula is C14H18N4O. The van der Waals surface area contributed by atoms with Gasteiger partial charge in [0.2, 0.25) is 0 Å². The lowest BCUT2D eigenvalue weighted by Crippen LogP contribution is -2.21. The van der Waals surface area contributed by atoms with Gasteiger partial charge in [-0.2, -0.15) is 10.6 Å². The standard InChI is InChI=1S/C14H18N4O/c1-2-6-13(5-1)19-17-10-12-9-16-18-14(12)11-4-3-7-15-8-11/h3-4,7-9,13,17H,1-2,5-6,10H2,(H,16,18). The summed E-state index contributed by atoms with van der Waals surface area (Å²) in [7, 11) is 0. The van der Waals surface area contributed by atoms with Crippen molar-refractivity contribution in [1.29, 1.82) is 0 Å². The number of hydrogen-bond donors (Lipinski definition) is 2. The fourth-order valence-corrected chi connectivity index (χ4v) is 2.45. The van der Waals surface area contributed by atoms with Gasteiger partial charge < -0.3 is 0 Å². The van der Waals surface area contributed by atoms with Gasteiger partial charge >= 0.3 is 0 Å². The molecule has 3 rings (SSSR count). The summed E-state index contributed by atoms with van der Waals surface area (Å²) in [5, 5.41) is 7.12.